The lowest BCUT2D eigenvalue weighted by atomic mass is 10.1. The number of aromatic hydroxyl groups is 1. The highest BCUT2D eigenvalue weighted by molar-refractivity contribution is 5.85. The number of benzene rings is 1. The average molecular weight is 247 g/mol. The van der Waals surface area contributed by atoms with Crippen molar-refractivity contribution in [2.24, 2.45) is 11.5 Å². The van der Waals surface area contributed by atoms with E-state index in [2.05, 4.69) is 0 Å². The molecule has 0 amide bonds. The molecule has 6 heteroatoms. The zero-order chi connectivity index (χ0) is 11.4. The molecule has 0 aromatic heterocycles. The SMILES string of the molecule is CC(=O)Oc1ccc([C@@H](N)CN)cc1O.Cl. The Morgan fingerprint density at radius 3 is 2.62 bits per heavy atom. The summed E-state index contributed by atoms with van der Waals surface area (Å²) in [5, 5.41) is 9.51. The van der Waals surface area contributed by atoms with Crippen LogP contribution >= 0.6 is 12.4 Å². The summed E-state index contributed by atoms with van der Waals surface area (Å²) in [6.45, 7) is 1.55. The molecule has 0 radical (unpaired) electrons. The van der Waals surface area contributed by atoms with Crippen LogP contribution in [-0.4, -0.2) is 17.6 Å². The van der Waals surface area contributed by atoms with Crippen LogP contribution in [0.1, 0.15) is 18.5 Å². The summed E-state index contributed by atoms with van der Waals surface area (Å²) in [7, 11) is 0. The van der Waals surface area contributed by atoms with Gasteiger partial charge in [-0.1, -0.05) is 6.07 Å². The third-order valence-electron chi connectivity index (χ3n) is 1.92. The first-order valence-electron chi connectivity index (χ1n) is 4.51. The van der Waals surface area contributed by atoms with Crippen LogP contribution in [-0.2, 0) is 4.79 Å². The number of hydrogen-bond acceptors (Lipinski definition) is 5. The van der Waals surface area contributed by atoms with E-state index in [9.17, 15) is 9.90 Å². The van der Waals surface area contributed by atoms with Gasteiger partial charge >= 0.3 is 5.97 Å². The van der Waals surface area contributed by atoms with Crippen molar-refractivity contribution < 1.29 is 14.6 Å². The number of phenolic OH excluding ortho intramolecular Hbond substituents is 1. The number of esters is 1. The Kier molecular flexibility index (Phi) is 5.81. The van der Waals surface area contributed by atoms with Gasteiger partial charge in [0.25, 0.3) is 0 Å². The summed E-state index contributed by atoms with van der Waals surface area (Å²) >= 11 is 0. The predicted octanol–water partition coefficient (Wildman–Crippen LogP) is 0.698. The van der Waals surface area contributed by atoms with E-state index in [0.717, 1.165) is 0 Å². The van der Waals surface area contributed by atoms with E-state index in [4.69, 9.17) is 16.2 Å². The lowest BCUT2D eigenvalue weighted by Gasteiger charge is -2.11. The van der Waals surface area contributed by atoms with E-state index in [1.807, 2.05) is 0 Å². The quantitative estimate of drug-likeness (QED) is 0.539. The molecule has 5 nitrogen and oxygen atoms in total. The highest BCUT2D eigenvalue weighted by Gasteiger charge is 2.09. The van der Waals surface area contributed by atoms with Crippen molar-refractivity contribution in [1.29, 1.82) is 0 Å². The molecule has 0 aliphatic rings. The molecule has 1 atom stereocenters. The number of phenols is 1. The molecule has 0 unspecified atom stereocenters. The molecule has 0 spiro atoms. The van der Waals surface area contributed by atoms with Crippen molar-refractivity contribution in [1.82, 2.24) is 0 Å². The smallest absolute Gasteiger partial charge is 0.308 e. The topological polar surface area (TPSA) is 98.6 Å². The summed E-state index contributed by atoms with van der Waals surface area (Å²) in [6.07, 6.45) is 0. The van der Waals surface area contributed by atoms with Crippen LogP contribution in [0.25, 0.3) is 0 Å². The molecule has 5 N–H and O–H groups in total. The highest BCUT2D eigenvalue weighted by Crippen LogP contribution is 2.28. The van der Waals surface area contributed by atoms with E-state index in [-0.39, 0.29) is 36.5 Å². The molecular formula is C10H15ClN2O3. The zero-order valence-corrected chi connectivity index (χ0v) is 9.66. The Labute approximate surface area is 99.8 Å². The van der Waals surface area contributed by atoms with Crippen LogP contribution in [0.4, 0.5) is 0 Å². The van der Waals surface area contributed by atoms with Gasteiger partial charge in [0.1, 0.15) is 0 Å². The van der Waals surface area contributed by atoms with Gasteiger partial charge in [0.2, 0.25) is 0 Å². The molecule has 0 heterocycles. The van der Waals surface area contributed by atoms with Crippen LogP contribution in [0.5, 0.6) is 11.5 Å². The molecule has 0 saturated heterocycles. The fourth-order valence-electron chi connectivity index (χ4n) is 1.14. The molecule has 0 aliphatic carbocycles. The monoisotopic (exact) mass is 246 g/mol. The standard InChI is InChI=1S/C10H14N2O3.ClH/c1-6(13)15-10-3-2-7(4-9(10)14)8(12)5-11;/h2-4,8,14H,5,11-12H2,1H3;1H/t8-;/m0./s1. The first kappa shape index (κ1) is 14.7. The number of halogens is 1. The van der Waals surface area contributed by atoms with E-state index < -0.39 is 5.97 Å². The van der Waals surface area contributed by atoms with Crippen LogP contribution in [0, 0.1) is 0 Å². The van der Waals surface area contributed by atoms with Gasteiger partial charge in [-0.25, -0.2) is 0 Å². The van der Waals surface area contributed by atoms with E-state index in [1.54, 1.807) is 6.07 Å². The highest BCUT2D eigenvalue weighted by atomic mass is 35.5. The van der Waals surface area contributed by atoms with Crippen LogP contribution in [0.15, 0.2) is 18.2 Å². The number of carbonyl (C=O) groups is 1. The van der Waals surface area contributed by atoms with E-state index in [1.165, 1.54) is 19.1 Å². The number of ether oxygens (including phenoxy) is 1. The van der Waals surface area contributed by atoms with Gasteiger partial charge in [-0.3, -0.25) is 4.79 Å². The van der Waals surface area contributed by atoms with Crippen molar-refractivity contribution >= 4 is 18.4 Å². The first-order chi connectivity index (χ1) is 7.04. The lowest BCUT2D eigenvalue weighted by Crippen LogP contribution is -2.20. The fraction of sp³-hybridized carbons (Fsp3) is 0.300. The van der Waals surface area contributed by atoms with E-state index >= 15 is 0 Å². The van der Waals surface area contributed by atoms with Crippen LogP contribution < -0.4 is 16.2 Å². The summed E-state index contributed by atoms with van der Waals surface area (Å²) in [6, 6.07) is 4.26. The molecule has 1 aromatic carbocycles. The molecular weight excluding hydrogens is 232 g/mol. The first-order valence-corrected chi connectivity index (χ1v) is 4.51. The van der Waals surface area contributed by atoms with Crippen molar-refractivity contribution in [2.45, 2.75) is 13.0 Å². The van der Waals surface area contributed by atoms with E-state index in [0.29, 0.717) is 5.56 Å². The lowest BCUT2D eigenvalue weighted by molar-refractivity contribution is -0.132. The van der Waals surface area contributed by atoms with Gasteiger partial charge in [0.15, 0.2) is 11.5 Å². The predicted molar refractivity (Wildman–Crippen MR) is 62.6 cm³/mol. The summed E-state index contributed by atoms with van der Waals surface area (Å²) < 4.78 is 4.75. The second-order valence-corrected chi connectivity index (χ2v) is 3.16. The third-order valence-corrected chi connectivity index (χ3v) is 1.92. The summed E-state index contributed by atoms with van der Waals surface area (Å²) in [5.74, 6) is -0.483. The van der Waals surface area contributed by atoms with Crippen LogP contribution in [0.3, 0.4) is 0 Å². The van der Waals surface area contributed by atoms with Crippen molar-refractivity contribution in [2.75, 3.05) is 6.54 Å². The Morgan fingerprint density at radius 1 is 1.56 bits per heavy atom. The van der Waals surface area contributed by atoms with Gasteiger partial charge in [-0.05, 0) is 17.7 Å². The second kappa shape index (κ2) is 6.32. The van der Waals surface area contributed by atoms with Gasteiger partial charge in [0, 0.05) is 19.5 Å². The molecule has 90 valence electrons. The van der Waals surface area contributed by atoms with Gasteiger partial charge in [0.05, 0.1) is 0 Å². The van der Waals surface area contributed by atoms with Crippen molar-refractivity contribution in [3.8, 4) is 11.5 Å². The minimum atomic E-state index is -0.485. The Balaban J connectivity index is 0.00000225. The maximum Gasteiger partial charge on any atom is 0.308 e. The second-order valence-electron chi connectivity index (χ2n) is 3.16. The Morgan fingerprint density at radius 2 is 2.19 bits per heavy atom. The maximum atomic E-state index is 10.7. The minimum absolute atomic E-state index is 0. The maximum absolute atomic E-state index is 10.7. The molecule has 0 fully saturated rings. The molecule has 0 aliphatic heterocycles. The van der Waals surface area contributed by atoms with Crippen molar-refractivity contribution in [3.63, 3.8) is 0 Å². The van der Waals surface area contributed by atoms with Gasteiger partial charge in [-0.15, -0.1) is 12.4 Å². The summed E-state index contributed by atoms with van der Waals surface area (Å²) in [5.41, 5.74) is 11.8. The third kappa shape index (κ3) is 3.69. The van der Waals surface area contributed by atoms with Gasteiger partial charge in [-0.2, -0.15) is 0 Å². The molecule has 1 aromatic rings. The van der Waals surface area contributed by atoms with Crippen LogP contribution in [0.2, 0.25) is 0 Å². The number of nitrogens with two attached hydrogens (primary N) is 2. The largest absolute Gasteiger partial charge is 0.504 e. The minimum Gasteiger partial charge on any atom is -0.504 e. The Bertz CT molecular complexity index is 371. The number of rotatable bonds is 3. The normalized spacial score (nSPS) is 11.4. The molecule has 16 heavy (non-hydrogen) atoms. The molecule has 0 saturated carbocycles. The van der Waals surface area contributed by atoms with Gasteiger partial charge < -0.3 is 21.3 Å². The fourth-order valence-corrected chi connectivity index (χ4v) is 1.14. The average Bonchev–Trinajstić information content (AvgIpc) is 2.19. The molecule has 1 rings (SSSR count). The number of carbonyl (C=O) groups excluding carboxylic acids is 1. The molecule has 0 bridgehead atoms. The zero-order valence-electron chi connectivity index (χ0n) is 8.84. The number of hydrogen-bond donors (Lipinski definition) is 3. The summed E-state index contributed by atoms with van der Waals surface area (Å²) in [4.78, 5) is 10.7. The van der Waals surface area contributed by atoms with Crippen molar-refractivity contribution in [3.05, 3.63) is 23.8 Å². The Hall–Kier alpha value is -1.30.